The van der Waals surface area contributed by atoms with Gasteiger partial charge in [-0.25, -0.2) is 4.79 Å². The molecule has 2 amide bonds. The molecule has 184 valence electrons. The molecule has 1 heterocycles. The van der Waals surface area contributed by atoms with Gasteiger partial charge < -0.3 is 20.1 Å². The van der Waals surface area contributed by atoms with Crippen molar-refractivity contribution in [3.05, 3.63) is 59.7 Å². The zero-order valence-electron chi connectivity index (χ0n) is 19.9. The number of hydrogen-bond acceptors (Lipinski definition) is 4. The maximum absolute atomic E-state index is 13.2. The average molecular weight is 477 g/mol. The van der Waals surface area contributed by atoms with Crippen molar-refractivity contribution >= 4 is 18.0 Å². The lowest BCUT2D eigenvalue weighted by atomic mass is 9.74. The Hall–Kier alpha value is -3.35. The summed E-state index contributed by atoms with van der Waals surface area (Å²) in [6.45, 7) is 0.814. The number of carbonyl (C=O) groups is 3. The first-order valence-corrected chi connectivity index (χ1v) is 12.6. The van der Waals surface area contributed by atoms with Gasteiger partial charge in [-0.15, -0.1) is 0 Å². The topological polar surface area (TPSA) is 95.9 Å². The Labute approximate surface area is 205 Å². The molecule has 7 nitrogen and oxygen atoms in total. The Morgan fingerprint density at radius 2 is 1.63 bits per heavy atom. The van der Waals surface area contributed by atoms with E-state index >= 15 is 0 Å². The van der Waals surface area contributed by atoms with Crippen molar-refractivity contribution in [3.63, 3.8) is 0 Å². The Bertz CT molecular complexity index is 1080. The number of hydrogen-bond donors (Lipinski definition) is 2. The minimum absolute atomic E-state index is 0.0164. The summed E-state index contributed by atoms with van der Waals surface area (Å²) in [5, 5.41) is 12.2. The zero-order valence-corrected chi connectivity index (χ0v) is 19.9. The van der Waals surface area contributed by atoms with Gasteiger partial charge in [0.05, 0.1) is 18.4 Å². The van der Waals surface area contributed by atoms with Crippen LogP contribution in [0.4, 0.5) is 4.79 Å². The number of benzene rings is 2. The van der Waals surface area contributed by atoms with E-state index in [4.69, 9.17) is 4.74 Å². The van der Waals surface area contributed by atoms with Crippen LogP contribution in [0.1, 0.15) is 68.4 Å². The van der Waals surface area contributed by atoms with Crippen molar-refractivity contribution in [2.45, 2.75) is 68.9 Å². The molecule has 2 N–H and O–H groups in total. The first-order valence-electron chi connectivity index (χ1n) is 12.6. The fraction of sp³-hybridized carbons (Fsp3) is 0.464. The summed E-state index contributed by atoms with van der Waals surface area (Å²) in [6.07, 6.45) is 4.58. The number of piperidine rings is 1. The molecular formula is C28H32N2O5. The molecule has 35 heavy (non-hydrogen) atoms. The number of ether oxygens (including phenoxy) is 1. The molecule has 3 aliphatic rings. The van der Waals surface area contributed by atoms with E-state index in [-0.39, 0.29) is 37.3 Å². The Kier molecular flexibility index (Phi) is 6.50. The number of rotatable bonds is 7. The molecule has 0 unspecified atom stereocenters. The minimum Gasteiger partial charge on any atom is -0.481 e. The second kappa shape index (κ2) is 9.72. The monoisotopic (exact) mass is 476 g/mol. The number of aliphatic carboxylic acids is 1. The van der Waals surface area contributed by atoms with Gasteiger partial charge in [0, 0.05) is 18.5 Å². The summed E-state index contributed by atoms with van der Waals surface area (Å²) in [6, 6.07) is 16.1. The number of carbonyl (C=O) groups excluding carboxylic acids is 2. The van der Waals surface area contributed by atoms with E-state index < -0.39 is 17.6 Å². The molecule has 0 aromatic heterocycles. The summed E-state index contributed by atoms with van der Waals surface area (Å²) in [5.74, 6) is -0.975. The normalized spacial score (nSPS) is 20.3. The van der Waals surface area contributed by atoms with E-state index in [1.807, 2.05) is 24.3 Å². The molecule has 1 atom stereocenters. The molecule has 5 rings (SSSR count). The van der Waals surface area contributed by atoms with Crippen LogP contribution in [-0.4, -0.2) is 52.7 Å². The van der Waals surface area contributed by atoms with Gasteiger partial charge in [-0.3, -0.25) is 9.59 Å². The highest BCUT2D eigenvalue weighted by atomic mass is 16.5. The van der Waals surface area contributed by atoms with Gasteiger partial charge in [0.1, 0.15) is 6.61 Å². The molecule has 1 saturated heterocycles. The van der Waals surface area contributed by atoms with Gasteiger partial charge in [0.25, 0.3) is 0 Å². The molecule has 1 saturated carbocycles. The number of carboxylic acid groups (broad SMARTS) is 1. The van der Waals surface area contributed by atoms with E-state index in [2.05, 4.69) is 29.6 Å². The Morgan fingerprint density at radius 1 is 0.971 bits per heavy atom. The maximum Gasteiger partial charge on any atom is 0.407 e. The van der Waals surface area contributed by atoms with Crippen molar-refractivity contribution in [2.75, 3.05) is 13.2 Å². The fourth-order valence-corrected chi connectivity index (χ4v) is 5.93. The number of carboxylic acids is 1. The van der Waals surface area contributed by atoms with Crippen LogP contribution in [0.25, 0.3) is 11.1 Å². The maximum atomic E-state index is 13.2. The highest BCUT2D eigenvalue weighted by Crippen LogP contribution is 2.44. The van der Waals surface area contributed by atoms with E-state index in [0.29, 0.717) is 13.0 Å². The molecule has 7 heteroatoms. The summed E-state index contributed by atoms with van der Waals surface area (Å²) in [5.41, 5.74) is 4.06. The molecule has 2 aromatic rings. The van der Waals surface area contributed by atoms with Gasteiger partial charge in [-0.2, -0.15) is 0 Å². The number of nitrogens with one attached hydrogen (secondary N) is 1. The highest BCUT2D eigenvalue weighted by Gasteiger charge is 2.43. The molecule has 1 aliphatic heterocycles. The smallest absolute Gasteiger partial charge is 0.407 e. The summed E-state index contributed by atoms with van der Waals surface area (Å²) in [7, 11) is 0. The van der Waals surface area contributed by atoms with Crippen molar-refractivity contribution in [2.24, 2.45) is 0 Å². The standard InChI is InChI=1S/C28H32N2O5/c31-25(30-15-6-5-8-19(30)16-26(32)33)17-28(13-7-14-28)29-27(34)35-18-24-22-11-3-1-9-20(22)21-10-2-4-12-23(21)24/h1-4,9-12,19,24H,5-8,13-18H2,(H,29,34)(H,32,33)/t19-/m1/s1. The van der Waals surface area contributed by atoms with Crippen LogP contribution in [0.15, 0.2) is 48.5 Å². The number of fused-ring (bicyclic) bond motifs is 3. The van der Waals surface area contributed by atoms with Crippen LogP contribution in [0.5, 0.6) is 0 Å². The number of amides is 2. The van der Waals surface area contributed by atoms with Crippen molar-refractivity contribution in [1.82, 2.24) is 10.2 Å². The Morgan fingerprint density at radius 3 is 2.23 bits per heavy atom. The average Bonchev–Trinajstić information content (AvgIpc) is 3.15. The van der Waals surface area contributed by atoms with Gasteiger partial charge in [-0.05, 0) is 60.8 Å². The van der Waals surface area contributed by atoms with Crippen molar-refractivity contribution in [3.8, 4) is 11.1 Å². The second-order valence-corrected chi connectivity index (χ2v) is 10.1. The third-order valence-corrected chi connectivity index (χ3v) is 7.87. The van der Waals surface area contributed by atoms with E-state index in [9.17, 15) is 19.5 Å². The van der Waals surface area contributed by atoms with Crippen LogP contribution in [0.2, 0.25) is 0 Å². The zero-order chi connectivity index (χ0) is 24.4. The lowest BCUT2D eigenvalue weighted by Crippen LogP contribution is -2.57. The molecular weight excluding hydrogens is 444 g/mol. The summed E-state index contributed by atoms with van der Waals surface area (Å²) >= 11 is 0. The third-order valence-electron chi connectivity index (χ3n) is 7.87. The molecule has 0 radical (unpaired) electrons. The predicted molar refractivity (Wildman–Crippen MR) is 131 cm³/mol. The van der Waals surface area contributed by atoms with Crippen molar-refractivity contribution in [1.29, 1.82) is 0 Å². The van der Waals surface area contributed by atoms with Crippen LogP contribution in [-0.2, 0) is 14.3 Å². The van der Waals surface area contributed by atoms with Crippen LogP contribution in [0, 0.1) is 0 Å². The predicted octanol–water partition coefficient (Wildman–Crippen LogP) is 4.69. The largest absolute Gasteiger partial charge is 0.481 e. The Balaban J connectivity index is 1.22. The number of nitrogens with zero attached hydrogens (tertiary/aromatic N) is 1. The quantitative estimate of drug-likeness (QED) is 0.604. The van der Waals surface area contributed by atoms with Gasteiger partial charge in [0.15, 0.2) is 0 Å². The molecule has 2 fully saturated rings. The van der Waals surface area contributed by atoms with Crippen LogP contribution in [0.3, 0.4) is 0 Å². The van der Waals surface area contributed by atoms with Gasteiger partial charge in [-0.1, -0.05) is 48.5 Å². The summed E-state index contributed by atoms with van der Waals surface area (Å²) < 4.78 is 5.72. The molecule has 2 aliphatic carbocycles. The van der Waals surface area contributed by atoms with E-state index in [1.165, 1.54) is 11.1 Å². The van der Waals surface area contributed by atoms with Gasteiger partial charge in [0.2, 0.25) is 5.91 Å². The second-order valence-electron chi connectivity index (χ2n) is 10.1. The molecule has 0 bridgehead atoms. The lowest BCUT2D eigenvalue weighted by molar-refractivity contribution is -0.142. The molecule has 0 spiro atoms. The van der Waals surface area contributed by atoms with E-state index in [1.54, 1.807) is 4.90 Å². The third kappa shape index (κ3) is 4.77. The highest BCUT2D eigenvalue weighted by molar-refractivity contribution is 5.81. The SMILES string of the molecule is O=C(O)C[C@H]1CCCCN1C(=O)CC1(NC(=O)OCC2c3ccccc3-c3ccccc32)CCC1. The number of likely N-dealkylation sites (tertiary alicyclic amines) is 1. The summed E-state index contributed by atoms with van der Waals surface area (Å²) in [4.78, 5) is 39.0. The van der Waals surface area contributed by atoms with Crippen molar-refractivity contribution < 1.29 is 24.2 Å². The van der Waals surface area contributed by atoms with E-state index in [0.717, 1.165) is 43.2 Å². The number of alkyl carbamates (subject to hydrolysis) is 1. The molecule has 2 aromatic carbocycles. The lowest BCUT2D eigenvalue weighted by Gasteiger charge is -2.44. The van der Waals surface area contributed by atoms with Gasteiger partial charge >= 0.3 is 12.1 Å². The van der Waals surface area contributed by atoms with Crippen LogP contribution < -0.4 is 5.32 Å². The van der Waals surface area contributed by atoms with Crippen LogP contribution >= 0.6 is 0 Å². The first-order chi connectivity index (χ1) is 17.0. The first kappa shape index (κ1) is 23.4. The fourth-order valence-electron chi connectivity index (χ4n) is 5.93. The minimum atomic E-state index is -0.884.